The number of rotatable bonds is 7. The molecule has 0 aliphatic carbocycles. The minimum absolute atomic E-state index is 0.0249. The lowest BCUT2D eigenvalue weighted by Crippen LogP contribution is -2.32. The van der Waals surface area contributed by atoms with Crippen LogP contribution >= 0.6 is 11.3 Å². The van der Waals surface area contributed by atoms with Gasteiger partial charge in [0.15, 0.2) is 0 Å². The van der Waals surface area contributed by atoms with E-state index in [1.54, 1.807) is 17.7 Å². The van der Waals surface area contributed by atoms with Gasteiger partial charge in [0.25, 0.3) is 0 Å². The smallest absolute Gasteiger partial charge is 0.221 e. The highest BCUT2D eigenvalue weighted by Crippen LogP contribution is 2.36. The second kappa shape index (κ2) is 8.45. The van der Waals surface area contributed by atoms with Crippen LogP contribution in [-0.2, 0) is 9.53 Å². The summed E-state index contributed by atoms with van der Waals surface area (Å²) >= 11 is 1.60. The number of thiophene rings is 1. The first-order valence-electron chi connectivity index (χ1n) is 9.21. The number of benzene rings is 1. The van der Waals surface area contributed by atoms with Gasteiger partial charge in [0.1, 0.15) is 17.0 Å². The maximum atomic E-state index is 12.1. The molecule has 1 aliphatic rings. The number of nitrogens with zero attached hydrogens (tertiary/aromatic N) is 2. The molecule has 2 aromatic heterocycles. The van der Waals surface area contributed by atoms with Crippen molar-refractivity contribution in [3.8, 4) is 11.1 Å². The molecule has 0 radical (unpaired) electrons. The van der Waals surface area contributed by atoms with Gasteiger partial charge in [-0.1, -0.05) is 30.3 Å². The van der Waals surface area contributed by atoms with Gasteiger partial charge in [-0.05, 0) is 18.4 Å². The maximum Gasteiger partial charge on any atom is 0.221 e. The highest BCUT2D eigenvalue weighted by atomic mass is 32.1. The molecule has 1 fully saturated rings. The highest BCUT2D eigenvalue weighted by molar-refractivity contribution is 7.17. The lowest BCUT2D eigenvalue weighted by atomic mass is 10.1. The van der Waals surface area contributed by atoms with Crippen LogP contribution in [0.3, 0.4) is 0 Å². The van der Waals surface area contributed by atoms with E-state index in [2.05, 4.69) is 38.1 Å². The highest BCUT2D eigenvalue weighted by Gasteiger charge is 2.16. The minimum atomic E-state index is 0.0249. The molecule has 0 saturated carbocycles. The van der Waals surface area contributed by atoms with E-state index >= 15 is 0 Å². The van der Waals surface area contributed by atoms with Gasteiger partial charge in [-0.3, -0.25) is 4.79 Å². The van der Waals surface area contributed by atoms with Crippen molar-refractivity contribution in [1.29, 1.82) is 0 Å². The molecule has 1 unspecified atom stereocenters. The molecule has 140 valence electrons. The fourth-order valence-electron chi connectivity index (χ4n) is 3.26. The van der Waals surface area contributed by atoms with Gasteiger partial charge in [-0.15, -0.1) is 11.3 Å². The molecule has 6 nitrogen and oxygen atoms in total. The number of fused-ring (bicyclic) bond motifs is 1. The van der Waals surface area contributed by atoms with E-state index in [-0.39, 0.29) is 12.0 Å². The molecule has 0 spiro atoms. The lowest BCUT2D eigenvalue weighted by Gasteiger charge is -2.11. The van der Waals surface area contributed by atoms with Crippen LogP contribution in [0.25, 0.3) is 21.3 Å². The van der Waals surface area contributed by atoms with Crippen molar-refractivity contribution < 1.29 is 9.53 Å². The van der Waals surface area contributed by atoms with Gasteiger partial charge in [0, 0.05) is 37.1 Å². The Labute approximate surface area is 162 Å². The molecule has 1 atom stereocenters. The molecule has 3 heterocycles. The number of carbonyl (C=O) groups is 1. The summed E-state index contributed by atoms with van der Waals surface area (Å²) in [6.45, 7) is 1.92. The summed E-state index contributed by atoms with van der Waals surface area (Å²) in [6.07, 6.45) is 4.23. The average Bonchev–Trinajstić information content (AvgIpc) is 3.37. The van der Waals surface area contributed by atoms with Crippen LogP contribution in [0.5, 0.6) is 0 Å². The second-order valence-electron chi connectivity index (χ2n) is 6.53. The number of hydrogen-bond donors (Lipinski definition) is 2. The maximum absolute atomic E-state index is 12.1. The fourth-order valence-corrected chi connectivity index (χ4v) is 4.17. The molecule has 27 heavy (non-hydrogen) atoms. The summed E-state index contributed by atoms with van der Waals surface area (Å²) in [5.74, 6) is 0.795. The first-order chi connectivity index (χ1) is 13.3. The minimum Gasteiger partial charge on any atom is -0.376 e. The Bertz CT molecular complexity index is 907. The standard InChI is InChI=1S/C20H22N4O2S/c25-17(22-11-15-7-4-10-26-15)8-9-21-19-18-16(14-5-2-1-3-6-14)12-27-20(18)24-13-23-19/h1-3,5-6,12-13,15H,4,7-11H2,(H,22,25)(H,21,23,24). The number of amides is 1. The molecule has 3 aromatic rings. The van der Waals surface area contributed by atoms with Crippen LogP contribution in [0.4, 0.5) is 5.82 Å². The van der Waals surface area contributed by atoms with Gasteiger partial charge in [0.2, 0.25) is 5.91 Å². The zero-order chi connectivity index (χ0) is 18.5. The Morgan fingerprint density at radius 1 is 1.26 bits per heavy atom. The third-order valence-corrected chi connectivity index (χ3v) is 5.54. The van der Waals surface area contributed by atoms with Gasteiger partial charge in [0.05, 0.1) is 11.5 Å². The summed E-state index contributed by atoms with van der Waals surface area (Å²) in [5.41, 5.74) is 2.25. The quantitative estimate of drug-likeness (QED) is 0.654. The molecule has 2 N–H and O–H groups in total. The zero-order valence-electron chi connectivity index (χ0n) is 15.0. The van der Waals surface area contributed by atoms with E-state index < -0.39 is 0 Å². The van der Waals surface area contributed by atoms with E-state index in [9.17, 15) is 4.79 Å². The largest absolute Gasteiger partial charge is 0.376 e. The van der Waals surface area contributed by atoms with Crippen molar-refractivity contribution in [3.63, 3.8) is 0 Å². The predicted octanol–water partition coefficient (Wildman–Crippen LogP) is 3.46. The van der Waals surface area contributed by atoms with Crippen molar-refractivity contribution in [2.45, 2.75) is 25.4 Å². The molecule has 0 bridgehead atoms. The third kappa shape index (κ3) is 4.26. The first kappa shape index (κ1) is 17.9. The van der Waals surface area contributed by atoms with E-state index in [0.29, 0.717) is 19.5 Å². The van der Waals surface area contributed by atoms with Crippen LogP contribution in [0.2, 0.25) is 0 Å². The van der Waals surface area contributed by atoms with Gasteiger partial charge < -0.3 is 15.4 Å². The van der Waals surface area contributed by atoms with Crippen molar-refractivity contribution in [3.05, 3.63) is 42.0 Å². The van der Waals surface area contributed by atoms with Crippen molar-refractivity contribution in [2.24, 2.45) is 0 Å². The number of anilines is 1. The topological polar surface area (TPSA) is 76.1 Å². The van der Waals surface area contributed by atoms with E-state index in [0.717, 1.165) is 46.6 Å². The Balaban J connectivity index is 1.40. The average molecular weight is 382 g/mol. The Hall–Kier alpha value is -2.51. The summed E-state index contributed by atoms with van der Waals surface area (Å²) < 4.78 is 5.53. The molecule has 1 amide bonds. The van der Waals surface area contributed by atoms with E-state index in [4.69, 9.17) is 4.74 Å². The normalized spacial score (nSPS) is 16.5. The van der Waals surface area contributed by atoms with Crippen molar-refractivity contribution in [1.82, 2.24) is 15.3 Å². The van der Waals surface area contributed by atoms with Crippen LogP contribution in [0, 0.1) is 0 Å². The van der Waals surface area contributed by atoms with Crippen LogP contribution in [-0.4, -0.2) is 41.7 Å². The Kier molecular flexibility index (Phi) is 5.60. The zero-order valence-corrected chi connectivity index (χ0v) is 15.8. The number of aromatic nitrogens is 2. The molecule has 7 heteroatoms. The fraction of sp³-hybridized carbons (Fsp3) is 0.350. The van der Waals surface area contributed by atoms with Crippen molar-refractivity contribution >= 4 is 33.3 Å². The van der Waals surface area contributed by atoms with Gasteiger partial charge in [-0.2, -0.15) is 0 Å². The van der Waals surface area contributed by atoms with Gasteiger partial charge in [-0.25, -0.2) is 9.97 Å². The molecule has 1 aromatic carbocycles. The number of nitrogens with one attached hydrogen (secondary N) is 2. The Morgan fingerprint density at radius 2 is 2.15 bits per heavy atom. The summed E-state index contributed by atoms with van der Waals surface area (Å²) in [4.78, 5) is 21.8. The third-order valence-electron chi connectivity index (χ3n) is 4.65. The van der Waals surface area contributed by atoms with Crippen LogP contribution in [0.1, 0.15) is 19.3 Å². The monoisotopic (exact) mass is 382 g/mol. The van der Waals surface area contributed by atoms with Gasteiger partial charge >= 0.3 is 0 Å². The van der Waals surface area contributed by atoms with E-state index in [1.807, 2.05) is 18.2 Å². The molecular formula is C20H22N4O2S. The summed E-state index contributed by atoms with van der Waals surface area (Å²) in [5, 5.41) is 9.37. The van der Waals surface area contributed by atoms with Crippen LogP contribution < -0.4 is 10.6 Å². The lowest BCUT2D eigenvalue weighted by molar-refractivity contribution is -0.121. The number of hydrogen-bond acceptors (Lipinski definition) is 6. The Morgan fingerprint density at radius 3 is 2.96 bits per heavy atom. The van der Waals surface area contributed by atoms with Crippen LogP contribution in [0.15, 0.2) is 42.0 Å². The predicted molar refractivity (Wildman–Crippen MR) is 108 cm³/mol. The first-order valence-corrected chi connectivity index (χ1v) is 10.1. The SMILES string of the molecule is O=C(CCNc1ncnc2scc(-c3ccccc3)c12)NCC1CCCO1. The molecule has 1 saturated heterocycles. The molecule has 4 rings (SSSR count). The summed E-state index contributed by atoms with van der Waals surface area (Å²) in [7, 11) is 0. The number of carbonyl (C=O) groups excluding carboxylic acids is 1. The number of ether oxygens (including phenoxy) is 1. The summed E-state index contributed by atoms with van der Waals surface area (Å²) in [6, 6.07) is 10.2. The molecule has 1 aliphatic heterocycles. The van der Waals surface area contributed by atoms with Crippen molar-refractivity contribution in [2.75, 3.05) is 25.0 Å². The molecular weight excluding hydrogens is 360 g/mol. The second-order valence-corrected chi connectivity index (χ2v) is 7.39. The van der Waals surface area contributed by atoms with E-state index in [1.165, 1.54) is 0 Å².